The summed E-state index contributed by atoms with van der Waals surface area (Å²) in [5.74, 6) is 0.753. The van der Waals surface area contributed by atoms with Crippen LogP contribution in [-0.2, 0) is 0 Å². The summed E-state index contributed by atoms with van der Waals surface area (Å²) in [6.07, 6.45) is 3.08. The molecule has 1 aromatic rings. The van der Waals surface area contributed by atoms with Gasteiger partial charge in [0.2, 0.25) is 0 Å². The molecule has 0 amide bonds. The Kier molecular flexibility index (Phi) is 6.04. The van der Waals surface area contributed by atoms with E-state index in [1.165, 1.54) is 38.0 Å². The summed E-state index contributed by atoms with van der Waals surface area (Å²) in [7, 11) is 0. The van der Waals surface area contributed by atoms with E-state index in [1.54, 1.807) is 0 Å². The molecule has 0 aromatic heterocycles. The van der Waals surface area contributed by atoms with Gasteiger partial charge in [0.15, 0.2) is 0 Å². The van der Waals surface area contributed by atoms with Crippen LogP contribution in [0, 0.1) is 17.2 Å². The maximum absolute atomic E-state index is 9.00. The Balaban J connectivity index is 1.83. The third-order valence-electron chi connectivity index (χ3n) is 4.30. The zero-order valence-corrected chi connectivity index (χ0v) is 12.4. The van der Waals surface area contributed by atoms with E-state index in [0.717, 1.165) is 12.5 Å². The number of likely N-dealkylation sites (tertiary alicyclic amines) is 1. The maximum atomic E-state index is 9.00. The highest BCUT2D eigenvalue weighted by Gasteiger charge is 2.19. The van der Waals surface area contributed by atoms with Crippen LogP contribution in [0.3, 0.4) is 0 Å². The molecule has 0 spiro atoms. The number of rotatable bonds is 6. The fraction of sp³-hybridized carbons (Fsp3) is 0.588. The van der Waals surface area contributed by atoms with Gasteiger partial charge in [-0.25, -0.2) is 0 Å². The Hall–Kier alpha value is -1.37. The minimum atomic E-state index is 0.172. The average molecular weight is 271 g/mol. The van der Waals surface area contributed by atoms with Gasteiger partial charge in [0, 0.05) is 6.04 Å². The number of piperidine rings is 1. The van der Waals surface area contributed by atoms with Crippen LogP contribution in [0.4, 0.5) is 0 Å². The van der Waals surface area contributed by atoms with Crippen LogP contribution in [0.25, 0.3) is 0 Å². The van der Waals surface area contributed by atoms with Gasteiger partial charge < -0.3 is 10.2 Å². The highest BCUT2D eigenvalue weighted by Crippen LogP contribution is 2.20. The molecule has 1 saturated heterocycles. The Morgan fingerprint density at radius 3 is 2.60 bits per heavy atom. The summed E-state index contributed by atoms with van der Waals surface area (Å²) in [6.45, 7) is 6.87. The van der Waals surface area contributed by atoms with Gasteiger partial charge in [-0.05, 0) is 50.5 Å². The first-order valence-corrected chi connectivity index (χ1v) is 7.71. The van der Waals surface area contributed by atoms with Gasteiger partial charge in [0.25, 0.3) is 0 Å². The standard InChI is InChI=1S/C17H25N3/c1-2-20-12-9-15(10-13-20)14-19-17(8-11-18)16-6-4-3-5-7-16/h3-7,15,17,19H,2,8-10,12-14H2,1H3. The van der Waals surface area contributed by atoms with Crippen molar-refractivity contribution in [3.8, 4) is 6.07 Å². The van der Waals surface area contributed by atoms with E-state index in [1.807, 2.05) is 18.2 Å². The predicted octanol–water partition coefficient (Wildman–Crippen LogP) is 2.96. The van der Waals surface area contributed by atoms with Crippen molar-refractivity contribution >= 4 is 0 Å². The third kappa shape index (κ3) is 4.33. The molecule has 1 aromatic carbocycles. The molecular weight excluding hydrogens is 246 g/mol. The second-order valence-corrected chi connectivity index (χ2v) is 5.61. The van der Waals surface area contributed by atoms with Gasteiger partial charge in [-0.2, -0.15) is 5.26 Å². The van der Waals surface area contributed by atoms with Crippen molar-refractivity contribution < 1.29 is 0 Å². The fourth-order valence-electron chi connectivity index (χ4n) is 2.90. The van der Waals surface area contributed by atoms with Gasteiger partial charge in [-0.3, -0.25) is 0 Å². The molecule has 108 valence electrons. The molecule has 3 nitrogen and oxygen atoms in total. The number of hydrogen-bond donors (Lipinski definition) is 1. The van der Waals surface area contributed by atoms with Crippen LogP contribution < -0.4 is 5.32 Å². The normalized spacial score (nSPS) is 18.6. The monoisotopic (exact) mass is 271 g/mol. The molecule has 1 aliphatic rings. The van der Waals surface area contributed by atoms with E-state index in [-0.39, 0.29) is 6.04 Å². The Morgan fingerprint density at radius 2 is 2.00 bits per heavy atom. The lowest BCUT2D eigenvalue weighted by molar-refractivity contribution is 0.187. The van der Waals surface area contributed by atoms with Crippen molar-refractivity contribution in [2.24, 2.45) is 5.92 Å². The SMILES string of the molecule is CCN1CCC(CNC(CC#N)c2ccccc2)CC1. The number of nitrogens with one attached hydrogen (secondary N) is 1. The van der Waals surface area contributed by atoms with Crippen LogP contribution in [0.2, 0.25) is 0 Å². The van der Waals surface area contributed by atoms with Gasteiger partial charge in [0.1, 0.15) is 0 Å². The van der Waals surface area contributed by atoms with Gasteiger partial charge in [0.05, 0.1) is 12.5 Å². The van der Waals surface area contributed by atoms with E-state index >= 15 is 0 Å². The Bertz CT molecular complexity index is 416. The van der Waals surface area contributed by atoms with Crippen LogP contribution in [-0.4, -0.2) is 31.1 Å². The molecule has 0 aliphatic carbocycles. The topological polar surface area (TPSA) is 39.1 Å². The van der Waals surface area contributed by atoms with Crippen molar-refractivity contribution in [1.29, 1.82) is 5.26 Å². The Labute approximate surface area is 122 Å². The molecule has 1 N–H and O–H groups in total. The van der Waals surface area contributed by atoms with Crippen LogP contribution in [0.15, 0.2) is 30.3 Å². The van der Waals surface area contributed by atoms with Crippen molar-refractivity contribution in [2.75, 3.05) is 26.2 Å². The number of nitrogens with zero attached hydrogens (tertiary/aromatic N) is 2. The van der Waals surface area contributed by atoms with Crippen LogP contribution >= 0.6 is 0 Å². The van der Waals surface area contributed by atoms with Gasteiger partial charge >= 0.3 is 0 Å². The predicted molar refractivity (Wildman–Crippen MR) is 82.3 cm³/mol. The molecule has 0 radical (unpaired) electrons. The lowest BCUT2D eigenvalue weighted by Crippen LogP contribution is -2.37. The first kappa shape index (κ1) is 15.0. The van der Waals surface area contributed by atoms with Crippen molar-refractivity contribution in [2.45, 2.75) is 32.2 Å². The maximum Gasteiger partial charge on any atom is 0.0641 e. The van der Waals surface area contributed by atoms with E-state index < -0.39 is 0 Å². The van der Waals surface area contributed by atoms with Crippen molar-refractivity contribution in [1.82, 2.24) is 10.2 Å². The van der Waals surface area contributed by atoms with Gasteiger partial charge in [-0.1, -0.05) is 37.3 Å². The molecule has 2 rings (SSSR count). The smallest absolute Gasteiger partial charge is 0.0641 e. The lowest BCUT2D eigenvalue weighted by atomic mass is 9.95. The minimum absolute atomic E-state index is 0.172. The largest absolute Gasteiger partial charge is 0.309 e. The summed E-state index contributed by atoms with van der Waals surface area (Å²) in [6, 6.07) is 12.8. The molecule has 1 heterocycles. The summed E-state index contributed by atoms with van der Waals surface area (Å²) in [5, 5.41) is 12.6. The molecule has 1 unspecified atom stereocenters. The second-order valence-electron chi connectivity index (χ2n) is 5.61. The Morgan fingerprint density at radius 1 is 1.30 bits per heavy atom. The van der Waals surface area contributed by atoms with E-state index in [9.17, 15) is 0 Å². The number of nitriles is 1. The molecule has 20 heavy (non-hydrogen) atoms. The van der Waals surface area contributed by atoms with E-state index in [0.29, 0.717) is 6.42 Å². The zero-order valence-electron chi connectivity index (χ0n) is 12.4. The lowest BCUT2D eigenvalue weighted by Gasteiger charge is -2.32. The highest BCUT2D eigenvalue weighted by atomic mass is 15.1. The van der Waals surface area contributed by atoms with Crippen molar-refractivity contribution in [3.63, 3.8) is 0 Å². The third-order valence-corrected chi connectivity index (χ3v) is 4.30. The fourth-order valence-corrected chi connectivity index (χ4v) is 2.90. The minimum Gasteiger partial charge on any atom is -0.309 e. The first-order valence-electron chi connectivity index (χ1n) is 7.71. The number of hydrogen-bond acceptors (Lipinski definition) is 3. The quantitative estimate of drug-likeness (QED) is 0.864. The summed E-state index contributed by atoms with van der Waals surface area (Å²) in [4.78, 5) is 2.51. The summed E-state index contributed by atoms with van der Waals surface area (Å²) < 4.78 is 0. The summed E-state index contributed by atoms with van der Waals surface area (Å²) in [5.41, 5.74) is 1.22. The van der Waals surface area contributed by atoms with Gasteiger partial charge in [-0.15, -0.1) is 0 Å². The first-order chi connectivity index (χ1) is 9.83. The number of benzene rings is 1. The van der Waals surface area contributed by atoms with Crippen LogP contribution in [0.5, 0.6) is 0 Å². The molecule has 0 bridgehead atoms. The molecule has 1 aliphatic heterocycles. The average Bonchev–Trinajstić information content (AvgIpc) is 2.53. The zero-order chi connectivity index (χ0) is 14.2. The molecular formula is C17H25N3. The van der Waals surface area contributed by atoms with E-state index in [4.69, 9.17) is 5.26 Å². The second kappa shape index (κ2) is 8.04. The molecule has 0 saturated carbocycles. The van der Waals surface area contributed by atoms with Crippen LogP contribution in [0.1, 0.15) is 37.8 Å². The molecule has 3 heteroatoms. The highest BCUT2D eigenvalue weighted by molar-refractivity contribution is 5.19. The van der Waals surface area contributed by atoms with Crippen molar-refractivity contribution in [3.05, 3.63) is 35.9 Å². The molecule has 1 fully saturated rings. The molecule has 1 atom stereocenters. The summed E-state index contributed by atoms with van der Waals surface area (Å²) >= 11 is 0. The van der Waals surface area contributed by atoms with E-state index in [2.05, 4.69) is 35.3 Å².